The van der Waals surface area contributed by atoms with Gasteiger partial charge in [-0.2, -0.15) is 0 Å². The van der Waals surface area contributed by atoms with Crippen LogP contribution in [0.25, 0.3) is 10.9 Å². The predicted octanol–water partition coefficient (Wildman–Crippen LogP) is 5.45. The zero-order valence-electron chi connectivity index (χ0n) is 18.9. The van der Waals surface area contributed by atoms with Crippen LogP contribution in [-0.4, -0.2) is 28.8 Å². The first kappa shape index (κ1) is 22.3. The summed E-state index contributed by atoms with van der Waals surface area (Å²) in [7, 11) is 1.60. The molecule has 3 atom stereocenters. The molecule has 5 nitrogen and oxygen atoms in total. The number of benzene rings is 2. The number of carbonyl (C=O) groups is 1. The topological polar surface area (TPSA) is 63.5 Å². The average molecular weight is 439 g/mol. The maximum atomic E-state index is 13.4. The first-order valence-corrected chi connectivity index (χ1v) is 11.3. The van der Waals surface area contributed by atoms with Crippen molar-refractivity contribution in [3.05, 3.63) is 65.1 Å². The van der Waals surface area contributed by atoms with Crippen LogP contribution in [0.4, 0.5) is 4.39 Å². The SMILES string of the molecule is COc1ccc2c(CNC3CCCC(C)C3C)c(C(=O)O)n(Cc3ccc(F)cc3)c2c1. The molecule has 0 saturated heterocycles. The standard InChI is InChI=1S/C26H31FN2O3/c1-16-5-4-6-23(17(16)2)28-14-22-21-12-11-20(32-3)13-24(21)29(25(22)26(30)31)15-18-7-9-19(27)10-8-18/h7-13,16-17,23,28H,4-6,14-15H2,1-3H3,(H,30,31). The molecule has 0 radical (unpaired) electrons. The Hall–Kier alpha value is -2.86. The molecule has 3 unspecified atom stereocenters. The number of fused-ring (bicyclic) bond motifs is 1. The third kappa shape index (κ3) is 4.37. The van der Waals surface area contributed by atoms with E-state index >= 15 is 0 Å². The molecule has 1 aromatic heterocycles. The van der Waals surface area contributed by atoms with Crippen LogP contribution in [-0.2, 0) is 13.1 Å². The van der Waals surface area contributed by atoms with Gasteiger partial charge in [0.25, 0.3) is 0 Å². The molecule has 6 heteroatoms. The number of aromatic nitrogens is 1. The van der Waals surface area contributed by atoms with Crippen molar-refractivity contribution in [1.82, 2.24) is 9.88 Å². The molecule has 2 aromatic carbocycles. The maximum Gasteiger partial charge on any atom is 0.352 e. The molecule has 1 heterocycles. The molecular weight excluding hydrogens is 407 g/mol. The summed E-state index contributed by atoms with van der Waals surface area (Å²) < 4.78 is 20.6. The summed E-state index contributed by atoms with van der Waals surface area (Å²) in [6, 6.07) is 12.2. The van der Waals surface area contributed by atoms with Crippen molar-refractivity contribution >= 4 is 16.9 Å². The fourth-order valence-electron chi connectivity index (χ4n) is 4.99. The van der Waals surface area contributed by atoms with Crippen molar-refractivity contribution in [3.8, 4) is 5.75 Å². The number of aromatic carboxylic acids is 1. The summed E-state index contributed by atoms with van der Waals surface area (Å²) >= 11 is 0. The van der Waals surface area contributed by atoms with Crippen LogP contribution in [0.5, 0.6) is 5.75 Å². The lowest BCUT2D eigenvalue weighted by atomic mass is 9.78. The van der Waals surface area contributed by atoms with Gasteiger partial charge in [-0.1, -0.05) is 38.8 Å². The van der Waals surface area contributed by atoms with E-state index in [9.17, 15) is 14.3 Å². The van der Waals surface area contributed by atoms with E-state index in [1.165, 1.54) is 25.0 Å². The summed E-state index contributed by atoms with van der Waals surface area (Å²) in [4.78, 5) is 12.4. The number of rotatable bonds is 7. The third-order valence-corrected chi connectivity index (χ3v) is 7.08. The Bertz CT molecular complexity index is 1110. The monoisotopic (exact) mass is 438 g/mol. The highest BCUT2D eigenvalue weighted by Crippen LogP contribution is 2.33. The molecule has 1 fully saturated rings. The number of carboxylic acids is 1. The number of carboxylic acid groups (broad SMARTS) is 1. The van der Waals surface area contributed by atoms with Gasteiger partial charge in [-0.25, -0.2) is 9.18 Å². The van der Waals surface area contributed by atoms with E-state index in [4.69, 9.17) is 4.74 Å². The number of nitrogens with one attached hydrogen (secondary N) is 1. The van der Waals surface area contributed by atoms with Gasteiger partial charge in [-0.05, 0) is 48.1 Å². The molecular formula is C26H31FN2O3. The largest absolute Gasteiger partial charge is 0.497 e. The van der Waals surface area contributed by atoms with Crippen molar-refractivity contribution in [2.24, 2.45) is 11.8 Å². The molecule has 1 saturated carbocycles. The summed E-state index contributed by atoms with van der Waals surface area (Å²) in [6.45, 7) is 5.40. The zero-order valence-corrected chi connectivity index (χ0v) is 18.9. The van der Waals surface area contributed by atoms with E-state index in [0.717, 1.165) is 28.5 Å². The molecule has 0 amide bonds. The minimum Gasteiger partial charge on any atom is -0.497 e. The van der Waals surface area contributed by atoms with Gasteiger partial charge in [0.1, 0.15) is 17.3 Å². The molecule has 2 N–H and O–H groups in total. The lowest BCUT2D eigenvalue weighted by Gasteiger charge is -2.34. The highest BCUT2D eigenvalue weighted by atomic mass is 19.1. The third-order valence-electron chi connectivity index (χ3n) is 7.08. The minimum absolute atomic E-state index is 0.265. The maximum absolute atomic E-state index is 13.4. The fourth-order valence-corrected chi connectivity index (χ4v) is 4.99. The molecule has 0 bridgehead atoms. The molecule has 32 heavy (non-hydrogen) atoms. The molecule has 0 spiro atoms. The van der Waals surface area contributed by atoms with Gasteiger partial charge >= 0.3 is 5.97 Å². The van der Waals surface area contributed by atoms with Crippen LogP contribution in [0.3, 0.4) is 0 Å². The second-order valence-electron chi connectivity index (χ2n) is 8.98. The van der Waals surface area contributed by atoms with Crippen LogP contribution in [0, 0.1) is 17.7 Å². The quantitative estimate of drug-likeness (QED) is 0.515. The number of halogens is 1. The Balaban J connectivity index is 1.76. The van der Waals surface area contributed by atoms with Crippen molar-refractivity contribution in [1.29, 1.82) is 0 Å². The van der Waals surface area contributed by atoms with Gasteiger partial charge in [0.2, 0.25) is 0 Å². The van der Waals surface area contributed by atoms with Crippen LogP contribution in [0.2, 0.25) is 0 Å². The summed E-state index contributed by atoms with van der Waals surface area (Å²) in [5, 5.41) is 14.7. The van der Waals surface area contributed by atoms with Crippen molar-refractivity contribution in [2.45, 2.75) is 52.2 Å². The van der Waals surface area contributed by atoms with Crippen LogP contribution >= 0.6 is 0 Å². The van der Waals surface area contributed by atoms with Gasteiger partial charge in [0.15, 0.2) is 0 Å². The molecule has 1 aliphatic carbocycles. The zero-order chi connectivity index (χ0) is 22.8. The molecule has 170 valence electrons. The molecule has 0 aliphatic heterocycles. The summed E-state index contributed by atoms with van der Waals surface area (Å²) in [6.07, 6.45) is 3.55. The van der Waals surface area contributed by atoms with Gasteiger partial charge in [-0.3, -0.25) is 0 Å². The highest BCUT2D eigenvalue weighted by molar-refractivity contribution is 5.98. The van der Waals surface area contributed by atoms with E-state index in [1.807, 2.05) is 18.2 Å². The van der Waals surface area contributed by atoms with Crippen LogP contribution < -0.4 is 10.1 Å². The minimum atomic E-state index is -0.968. The second-order valence-corrected chi connectivity index (χ2v) is 8.98. The van der Waals surface area contributed by atoms with E-state index in [2.05, 4.69) is 19.2 Å². The fraction of sp³-hybridized carbons (Fsp3) is 0.423. The normalized spacial score (nSPS) is 21.1. The molecule has 3 aromatic rings. The Morgan fingerprint density at radius 3 is 2.62 bits per heavy atom. The van der Waals surface area contributed by atoms with E-state index in [0.29, 0.717) is 36.7 Å². The first-order chi connectivity index (χ1) is 15.4. The number of hydrogen-bond acceptors (Lipinski definition) is 3. The number of ether oxygens (including phenoxy) is 1. The van der Waals surface area contributed by atoms with Gasteiger partial charge < -0.3 is 19.7 Å². The Morgan fingerprint density at radius 2 is 1.94 bits per heavy atom. The van der Waals surface area contributed by atoms with Crippen LogP contribution in [0.15, 0.2) is 42.5 Å². The van der Waals surface area contributed by atoms with E-state index < -0.39 is 5.97 Å². The molecule has 4 rings (SSSR count). The van der Waals surface area contributed by atoms with Crippen LogP contribution in [0.1, 0.15) is 54.7 Å². The number of nitrogens with zero attached hydrogens (tertiary/aromatic N) is 1. The first-order valence-electron chi connectivity index (χ1n) is 11.3. The highest BCUT2D eigenvalue weighted by Gasteiger charge is 2.28. The number of methoxy groups -OCH3 is 1. The van der Waals surface area contributed by atoms with Crippen molar-refractivity contribution < 1.29 is 19.0 Å². The van der Waals surface area contributed by atoms with Crippen molar-refractivity contribution in [2.75, 3.05) is 7.11 Å². The Kier molecular flexibility index (Phi) is 6.51. The summed E-state index contributed by atoms with van der Waals surface area (Å²) in [5.41, 5.74) is 2.68. The van der Waals surface area contributed by atoms with Crippen molar-refractivity contribution in [3.63, 3.8) is 0 Å². The smallest absolute Gasteiger partial charge is 0.352 e. The Morgan fingerprint density at radius 1 is 1.19 bits per heavy atom. The summed E-state index contributed by atoms with van der Waals surface area (Å²) in [5.74, 6) is 0.589. The van der Waals surface area contributed by atoms with E-state index in [1.54, 1.807) is 23.8 Å². The van der Waals surface area contributed by atoms with E-state index in [-0.39, 0.29) is 11.5 Å². The lowest BCUT2D eigenvalue weighted by Crippen LogP contribution is -2.40. The second kappa shape index (κ2) is 9.33. The molecule has 1 aliphatic rings. The van der Waals surface area contributed by atoms with Gasteiger partial charge in [0, 0.05) is 36.1 Å². The average Bonchev–Trinajstić information content (AvgIpc) is 3.09. The number of hydrogen-bond donors (Lipinski definition) is 2. The van der Waals surface area contributed by atoms with Gasteiger partial charge in [0.05, 0.1) is 12.6 Å². The Labute approximate surface area is 188 Å². The van der Waals surface area contributed by atoms with Gasteiger partial charge in [-0.15, -0.1) is 0 Å². The predicted molar refractivity (Wildman–Crippen MR) is 124 cm³/mol. The lowest BCUT2D eigenvalue weighted by molar-refractivity contribution is 0.0684.